The molecule has 1 N–H and O–H groups in total. The van der Waals surface area contributed by atoms with E-state index < -0.39 is 28.9 Å². The second kappa shape index (κ2) is 8.62. The highest BCUT2D eigenvalue weighted by Gasteiger charge is 2.38. The normalized spacial score (nSPS) is 15.7. The molecule has 1 aliphatic heterocycles. The van der Waals surface area contributed by atoms with Crippen molar-refractivity contribution in [1.82, 2.24) is 0 Å². The Kier molecular flexibility index (Phi) is 6.16. The first-order valence-corrected chi connectivity index (χ1v) is 9.36. The van der Waals surface area contributed by atoms with Gasteiger partial charge in [0.2, 0.25) is 0 Å². The van der Waals surface area contributed by atoms with Gasteiger partial charge in [0.05, 0.1) is 29.2 Å². The van der Waals surface area contributed by atoms with Gasteiger partial charge in [-0.05, 0) is 53.7 Å². The number of ether oxygens (including phenoxy) is 1. The number of rotatable bonds is 6. The minimum atomic E-state index is -4.60. The van der Waals surface area contributed by atoms with E-state index in [2.05, 4.69) is 0 Å². The van der Waals surface area contributed by atoms with Gasteiger partial charge >= 0.3 is 12.1 Å². The maximum absolute atomic E-state index is 12.9. The minimum Gasteiger partial charge on any atom is -0.493 e. The lowest BCUT2D eigenvalue weighted by atomic mass is 10.1. The van der Waals surface area contributed by atoms with Crippen molar-refractivity contribution in [3.8, 4) is 5.75 Å². The van der Waals surface area contributed by atoms with Crippen molar-refractivity contribution in [2.75, 3.05) is 11.5 Å². The molecule has 2 amide bonds. The molecule has 0 atom stereocenters. The average Bonchev–Trinajstić information content (AvgIpc) is 2.94. The first-order chi connectivity index (χ1) is 14.1. The molecule has 0 saturated carbocycles. The van der Waals surface area contributed by atoms with Crippen LogP contribution in [0.25, 0.3) is 6.08 Å². The lowest BCUT2D eigenvalue weighted by Gasteiger charge is -2.14. The number of benzene rings is 2. The van der Waals surface area contributed by atoms with Gasteiger partial charge in [0.15, 0.2) is 0 Å². The minimum absolute atomic E-state index is 0.0369. The predicted molar refractivity (Wildman–Crippen MR) is 104 cm³/mol. The second-order valence-electron chi connectivity index (χ2n) is 6.13. The number of aliphatic carboxylic acids is 1. The Morgan fingerprint density at radius 1 is 1.13 bits per heavy atom. The lowest BCUT2D eigenvalue weighted by molar-refractivity contribution is -0.138. The summed E-state index contributed by atoms with van der Waals surface area (Å²) < 4.78 is 44.1. The van der Waals surface area contributed by atoms with E-state index in [0.29, 0.717) is 28.0 Å². The van der Waals surface area contributed by atoms with Gasteiger partial charge in [-0.25, -0.2) is 4.90 Å². The summed E-state index contributed by atoms with van der Waals surface area (Å²) in [5, 5.41) is 7.93. The molecule has 3 rings (SSSR count). The lowest BCUT2D eigenvalue weighted by Crippen LogP contribution is -2.28. The van der Waals surface area contributed by atoms with Crippen molar-refractivity contribution < 1.29 is 37.4 Å². The van der Waals surface area contributed by atoms with Gasteiger partial charge < -0.3 is 9.84 Å². The summed E-state index contributed by atoms with van der Waals surface area (Å²) in [6.07, 6.45) is -3.36. The largest absolute Gasteiger partial charge is 0.493 e. The van der Waals surface area contributed by atoms with Crippen LogP contribution in [0.15, 0.2) is 53.4 Å². The Labute approximate surface area is 172 Å². The van der Waals surface area contributed by atoms with Crippen molar-refractivity contribution >= 4 is 40.6 Å². The van der Waals surface area contributed by atoms with Crippen LogP contribution in [-0.2, 0) is 15.8 Å². The predicted octanol–water partition coefficient (Wildman–Crippen LogP) is 4.80. The topological polar surface area (TPSA) is 83.9 Å². The van der Waals surface area contributed by atoms with Gasteiger partial charge in [-0.15, -0.1) is 0 Å². The smallest absolute Gasteiger partial charge is 0.416 e. The third-order valence-electron chi connectivity index (χ3n) is 3.97. The van der Waals surface area contributed by atoms with Crippen LogP contribution in [0.1, 0.15) is 17.5 Å². The number of carboxylic acid groups (broad SMARTS) is 1. The Balaban J connectivity index is 1.81. The summed E-state index contributed by atoms with van der Waals surface area (Å²) in [7, 11) is 0. The van der Waals surface area contributed by atoms with Gasteiger partial charge in [0, 0.05) is 0 Å². The third kappa shape index (κ3) is 5.01. The fourth-order valence-corrected chi connectivity index (χ4v) is 3.45. The van der Waals surface area contributed by atoms with Crippen LogP contribution >= 0.6 is 11.8 Å². The zero-order valence-corrected chi connectivity index (χ0v) is 16.0. The van der Waals surface area contributed by atoms with E-state index in [1.807, 2.05) is 0 Å². The van der Waals surface area contributed by atoms with E-state index >= 15 is 0 Å². The molecule has 0 bridgehead atoms. The summed E-state index contributed by atoms with van der Waals surface area (Å²) in [5.41, 5.74) is -0.618. The van der Waals surface area contributed by atoms with Gasteiger partial charge in [0.1, 0.15) is 5.75 Å². The van der Waals surface area contributed by atoms with E-state index in [0.717, 1.165) is 18.2 Å². The molecule has 1 aliphatic rings. The third-order valence-corrected chi connectivity index (χ3v) is 4.84. The SMILES string of the molecule is O=C(O)CCOc1cccc(/C=C2/SC(=O)N(c3cccc(C(F)(F)F)c3)C2=O)c1. The number of amides is 2. The number of halogens is 3. The Morgan fingerprint density at radius 3 is 2.57 bits per heavy atom. The molecule has 0 aliphatic carbocycles. The summed E-state index contributed by atoms with van der Waals surface area (Å²) in [6, 6.07) is 10.4. The number of anilines is 1. The van der Waals surface area contributed by atoms with Crippen molar-refractivity contribution in [2.24, 2.45) is 0 Å². The zero-order valence-electron chi connectivity index (χ0n) is 15.2. The number of carbonyl (C=O) groups is 3. The summed E-state index contributed by atoms with van der Waals surface area (Å²) in [5.74, 6) is -1.36. The van der Waals surface area contributed by atoms with Crippen molar-refractivity contribution in [3.05, 3.63) is 64.6 Å². The first-order valence-electron chi connectivity index (χ1n) is 8.55. The van der Waals surface area contributed by atoms with E-state index in [-0.39, 0.29) is 23.6 Å². The van der Waals surface area contributed by atoms with Crippen LogP contribution < -0.4 is 9.64 Å². The Hall–Kier alpha value is -3.27. The molecule has 0 aromatic heterocycles. The van der Waals surface area contributed by atoms with E-state index in [1.54, 1.807) is 24.3 Å². The molecule has 6 nitrogen and oxygen atoms in total. The van der Waals surface area contributed by atoms with Crippen molar-refractivity contribution in [1.29, 1.82) is 0 Å². The van der Waals surface area contributed by atoms with E-state index in [9.17, 15) is 27.6 Å². The number of carboxylic acids is 1. The standard InChI is InChI=1S/C20H14F3NO5S/c21-20(22,23)13-4-2-5-14(11-13)24-18(27)16(30-19(24)28)10-12-3-1-6-15(9-12)29-8-7-17(25)26/h1-6,9-11H,7-8H2,(H,25,26)/b16-10+. The molecule has 1 fully saturated rings. The van der Waals surface area contributed by atoms with Gasteiger partial charge in [0.25, 0.3) is 11.1 Å². The maximum atomic E-state index is 12.9. The van der Waals surface area contributed by atoms with Gasteiger partial charge in [-0.1, -0.05) is 18.2 Å². The van der Waals surface area contributed by atoms with Crippen LogP contribution in [0, 0.1) is 0 Å². The van der Waals surface area contributed by atoms with Crippen molar-refractivity contribution in [2.45, 2.75) is 12.6 Å². The first kappa shape index (κ1) is 21.4. The Morgan fingerprint density at radius 2 is 1.87 bits per heavy atom. The molecule has 2 aromatic carbocycles. The number of alkyl halides is 3. The summed E-state index contributed by atoms with van der Waals surface area (Å²) in [4.78, 5) is 36.2. The number of nitrogens with zero attached hydrogens (tertiary/aromatic N) is 1. The highest BCUT2D eigenvalue weighted by atomic mass is 32.2. The molecule has 156 valence electrons. The quantitative estimate of drug-likeness (QED) is 0.654. The van der Waals surface area contributed by atoms with Crippen molar-refractivity contribution in [3.63, 3.8) is 0 Å². The van der Waals surface area contributed by atoms with E-state index in [1.165, 1.54) is 12.1 Å². The number of thioether (sulfide) groups is 1. The summed E-state index contributed by atoms with van der Waals surface area (Å²) in [6.45, 7) is -0.0369. The molecule has 0 unspecified atom stereocenters. The number of imide groups is 1. The molecule has 2 aromatic rings. The monoisotopic (exact) mass is 437 g/mol. The van der Waals surface area contributed by atoms with Crippen LogP contribution in [0.2, 0.25) is 0 Å². The average molecular weight is 437 g/mol. The fourth-order valence-electron chi connectivity index (χ4n) is 2.61. The van der Waals surface area contributed by atoms with Crippen LogP contribution in [0.5, 0.6) is 5.75 Å². The highest BCUT2D eigenvalue weighted by Crippen LogP contribution is 2.38. The molecular formula is C20H14F3NO5S. The molecule has 1 heterocycles. The van der Waals surface area contributed by atoms with Crippen LogP contribution in [0.4, 0.5) is 23.7 Å². The number of hydrogen-bond donors (Lipinski definition) is 1. The second-order valence-corrected chi connectivity index (χ2v) is 7.12. The van der Waals surface area contributed by atoms with Crippen LogP contribution in [-0.4, -0.2) is 28.8 Å². The van der Waals surface area contributed by atoms with Gasteiger partial charge in [-0.2, -0.15) is 13.2 Å². The molecule has 0 radical (unpaired) electrons. The number of hydrogen-bond acceptors (Lipinski definition) is 5. The molecular weight excluding hydrogens is 423 g/mol. The molecule has 0 spiro atoms. The molecule has 30 heavy (non-hydrogen) atoms. The Bertz CT molecular complexity index is 1040. The molecule has 1 saturated heterocycles. The fraction of sp³-hybridized carbons (Fsp3) is 0.150. The van der Waals surface area contributed by atoms with E-state index in [4.69, 9.17) is 9.84 Å². The highest BCUT2D eigenvalue weighted by molar-refractivity contribution is 8.19. The van der Waals surface area contributed by atoms with Gasteiger partial charge in [-0.3, -0.25) is 14.4 Å². The number of carbonyl (C=O) groups excluding carboxylic acids is 2. The summed E-state index contributed by atoms with van der Waals surface area (Å²) >= 11 is 0.611. The molecule has 10 heteroatoms. The zero-order chi connectivity index (χ0) is 21.9. The van der Waals surface area contributed by atoms with Crippen LogP contribution in [0.3, 0.4) is 0 Å². The maximum Gasteiger partial charge on any atom is 0.416 e.